The van der Waals surface area contributed by atoms with Gasteiger partial charge in [0, 0.05) is 6.07 Å². The molecule has 0 fully saturated rings. The van der Waals surface area contributed by atoms with Crippen LogP contribution in [0.3, 0.4) is 0 Å². The summed E-state index contributed by atoms with van der Waals surface area (Å²) in [6, 6.07) is 7.94. The van der Waals surface area contributed by atoms with Crippen LogP contribution in [-0.2, 0) is 0 Å². The average molecular weight is 224 g/mol. The second kappa shape index (κ2) is 2.75. The van der Waals surface area contributed by atoms with Crippen molar-refractivity contribution >= 4 is 32.5 Å². The average Bonchev–Trinajstić information content (AvgIpc) is 2.12. The van der Waals surface area contributed by atoms with Crippen LogP contribution in [0.1, 0.15) is 0 Å². The van der Waals surface area contributed by atoms with Gasteiger partial charge in [-0.15, -0.1) is 0 Å². The quantitative estimate of drug-likeness (QED) is 0.730. The van der Waals surface area contributed by atoms with Gasteiger partial charge in [-0.25, -0.2) is 4.98 Å². The first-order valence-corrected chi connectivity index (χ1v) is 4.43. The lowest BCUT2D eigenvalue weighted by molar-refractivity contribution is -0.345. The van der Waals surface area contributed by atoms with Gasteiger partial charge in [0.2, 0.25) is 5.52 Å². The molecule has 0 aliphatic carbocycles. The highest BCUT2D eigenvalue weighted by molar-refractivity contribution is 9.10. The summed E-state index contributed by atoms with van der Waals surface area (Å²) in [5.74, 6) is 0. The van der Waals surface area contributed by atoms with Crippen LogP contribution in [0, 0.1) is 0 Å². The fourth-order valence-electron chi connectivity index (χ4n) is 1.19. The van der Waals surface area contributed by atoms with Crippen molar-refractivity contribution in [2.75, 3.05) is 5.73 Å². The third kappa shape index (κ3) is 1.06. The van der Waals surface area contributed by atoms with Crippen molar-refractivity contribution < 1.29 is 4.98 Å². The van der Waals surface area contributed by atoms with E-state index in [0.29, 0.717) is 0 Å². The summed E-state index contributed by atoms with van der Waals surface area (Å²) in [5.41, 5.74) is 7.69. The number of nitrogens with two attached hydrogens (primary N) is 1. The number of aromatic nitrogens is 1. The summed E-state index contributed by atoms with van der Waals surface area (Å²) in [7, 11) is 0. The van der Waals surface area contributed by atoms with Gasteiger partial charge in [-0.3, -0.25) is 0 Å². The summed E-state index contributed by atoms with van der Waals surface area (Å²) in [6.07, 6.45) is 1.84. The van der Waals surface area contributed by atoms with E-state index in [1.165, 1.54) is 0 Å². The Morgan fingerprint density at radius 2 is 2.00 bits per heavy atom. The highest BCUT2D eigenvalue weighted by atomic mass is 79.9. The molecule has 0 unspecified atom stereocenters. The Morgan fingerprint density at radius 3 is 2.83 bits per heavy atom. The van der Waals surface area contributed by atoms with Crippen molar-refractivity contribution in [3.05, 3.63) is 34.9 Å². The Labute approximate surface area is 78.5 Å². The molecular weight excluding hydrogens is 216 g/mol. The smallest absolute Gasteiger partial charge is 0.212 e. The lowest BCUT2D eigenvalue weighted by atomic mass is 10.2. The number of halogens is 1. The summed E-state index contributed by atoms with van der Waals surface area (Å²) < 4.78 is 0.904. The number of hydrogen-bond donors (Lipinski definition) is 1. The van der Waals surface area contributed by atoms with E-state index in [9.17, 15) is 0 Å². The lowest BCUT2D eigenvalue weighted by Crippen LogP contribution is -2.04. The summed E-state index contributed by atoms with van der Waals surface area (Å²) in [6.45, 7) is 0. The number of rotatable bonds is 0. The first kappa shape index (κ1) is 7.55. The van der Waals surface area contributed by atoms with Crippen LogP contribution in [-0.4, -0.2) is 0 Å². The van der Waals surface area contributed by atoms with Gasteiger partial charge in [0.15, 0.2) is 6.20 Å². The Bertz CT molecular complexity index is 426. The molecule has 60 valence electrons. The molecule has 0 saturated heterocycles. The zero-order chi connectivity index (χ0) is 8.55. The number of nitrogen functional groups attached to an aromatic ring is 1. The first-order chi connectivity index (χ1) is 5.79. The normalized spacial score (nSPS) is 10.4. The number of anilines is 1. The van der Waals surface area contributed by atoms with Crippen molar-refractivity contribution in [2.24, 2.45) is 0 Å². The Kier molecular flexibility index (Phi) is 1.73. The number of nitrogens with one attached hydrogen (secondary N) is 1. The molecule has 0 spiro atoms. The number of fused-ring (bicyclic) bond motifs is 1. The highest BCUT2D eigenvalue weighted by Crippen LogP contribution is 2.24. The Hall–Kier alpha value is -1.09. The number of benzene rings is 1. The molecular formula is C9H8BrN2+. The van der Waals surface area contributed by atoms with Gasteiger partial charge in [0.1, 0.15) is 4.47 Å². The van der Waals surface area contributed by atoms with Crippen LogP contribution in [0.4, 0.5) is 5.69 Å². The molecule has 3 N–H and O–H groups in total. The van der Waals surface area contributed by atoms with E-state index >= 15 is 0 Å². The largest absolute Gasteiger partial charge is 0.397 e. The summed E-state index contributed by atoms with van der Waals surface area (Å²) in [4.78, 5) is 3.13. The minimum absolute atomic E-state index is 0.782. The predicted octanol–water partition coefficient (Wildman–Crippen LogP) is 2.00. The maximum Gasteiger partial charge on any atom is 0.212 e. The van der Waals surface area contributed by atoms with Crippen molar-refractivity contribution in [2.45, 2.75) is 0 Å². The number of aromatic amines is 1. The van der Waals surface area contributed by atoms with Gasteiger partial charge in [-0.05, 0) is 22.0 Å². The fourth-order valence-corrected chi connectivity index (χ4v) is 1.52. The number of para-hydroxylation sites is 1. The molecule has 0 radical (unpaired) electrons. The van der Waals surface area contributed by atoms with Gasteiger partial charge in [-0.1, -0.05) is 12.1 Å². The van der Waals surface area contributed by atoms with Gasteiger partial charge in [-0.2, -0.15) is 0 Å². The van der Waals surface area contributed by atoms with Crippen LogP contribution in [0.2, 0.25) is 0 Å². The summed E-state index contributed by atoms with van der Waals surface area (Å²) in [5, 5.41) is 1.05. The highest BCUT2D eigenvalue weighted by Gasteiger charge is 2.06. The maximum atomic E-state index is 5.85. The molecule has 1 aromatic carbocycles. The Balaban J connectivity index is 2.91. The second-order valence-corrected chi connectivity index (χ2v) is 3.45. The van der Waals surface area contributed by atoms with E-state index in [0.717, 1.165) is 21.1 Å². The van der Waals surface area contributed by atoms with Gasteiger partial charge >= 0.3 is 0 Å². The molecule has 1 heterocycles. The fraction of sp³-hybridized carbons (Fsp3) is 0. The van der Waals surface area contributed by atoms with E-state index in [1.54, 1.807) is 0 Å². The van der Waals surface area contributed by atoms with Gasteiger partial charge in [0.05, 0.1) is 11.1 Å². The minimum atomic E-state index is 0.782. The maximum absolute atomic E-state index is 5.85. The molecule has 12 heavy (non-hydrogen) atoms. The van der Waals surface area contributed by atoms with Crippen molar-refractivity contribution in [1.29, 1.82) is 0 Å². The molecule has 2 rings (SSSR count). The SMILES string of the molecule is Nc1c(Br)c[nH+]c2ccccc12. The van der Waals surface area contributed by atoms with Gasteiger partial charge in [0.25, 0.3) is 0 Å². The van der Waals surface area contributed by atoms with Crippen molar-refractivity contribution in [1.82, 2.24) is 0 Å². The van der Waals surface area contributed by atoms with E-state index in [-0.39, 0.29) is 0 Å². The van der Waals surface area contributed by atoms with E-state index in [4.69, 9.17) is 5.73 Å². The first-order valence-electron chi connectivity index (χ1n) is 3.63. The molecule has 0 saturated carbocycles. The van der Waals surface area contributed by atoms with Crippen LogP contribution in [0.5, 0.6) is 0 Å². The molecule has 2 aromatic rings. The zero-order valence-electron chi connectivity index (χ0n) is 6.34. The van der Waals surface area contributed by atoms with Gasteiger partial charge < -0.3 is 5.73 Å². The number of pyridine rings is 1. The predicted molar refractivity (Wildman–Crippen MR) is 52.6 cm³/mol. The standard InChI is InChI=1S/C9H7BrN2/c10-7-5-12-8-4-2-1-3-6(8)9(7)11/h1-5H,(H2,11,12)/p+1. The van der Waals surface area contributed by atoms with E-state index in [1.807, 2.05) is 30.5 Å². The van der Waals surface area contributed by atoms with Crippen LogP contribution in [0.25, 0.3) is 10.9 Å². The van der Waals surface area contributed by atoms with E-state index in [2.05, 4.69) is 20.9 Å². The van der Waals surface area contributed by atoms with Crippen LogP contribution in [0.15, 0.2) is 34.9 Å². The number of H-pyrrole nitrogens is 1. The molecule has 0 aliphatic rings. The topological polar surface area (TPSA) is 40.2 Å². The lowest BCUT2D eigenvalue weighted by Gasteiger charge is -1.97. The minimum Gasteiger partial charge on any atom is -0.397 e. The molecule has 0 aliphatic heterocycles. The van der Waals surface area contributed by atoms with Crippen LogP contribution >= 0.6 is 15.9 Å². The molecule has 0 bridgehead atoms. The molecule has 3 heteroatoms. The van der Waals surface area contributed by atoms with Crippen molar-refractivity contribution in [3.63, 3.8) is 0 Å². The van der Waals surface area contributed by atoms with Crippen LogP contribution < -0.4 is 10.7 Å². The molecule has 2 nitrogen and oxygen atoms in total. The molecule has 0 atom stereocenters. The van der Waals surface area contributed by atoms with E-state index < -0.39 is 0 Å². The summed E-state index contributed by atoms with van der Waals surface area (Å²) >= 11 is 3.36. The van der Waals surface area contributed by atoms with Crippen molar-refractivity contribution in [3.8, 4) is 0 Å². The molecule has 1 aromatic heterocycles. The Morgan fingerprint density at radius 1 is 1.25 bits per heavy atom. The number of hydrogen-bond acceptors (Lipinski definition) is 1. The zero-order valence-corrected chi connectivity index (χ0v) is 7.93. The second-order valence-electron chi connectivity index (χ2n) is 2.60. The molecule has 0 amide bonds. The third-order valence-electron chi connectivity index (χ3n) is 1.83. The third-order valence-corrected chi connectivity index (χ3v) is 2.49. The monoisotopic (exact) mass is 223 g/mol.